The highest BCUT2D eigenvalue weighted by Gasteiger charge is 2.11. The average molecular weight is 452 g/mol. The van der Waals surface area contributed by atoms with Gasteiger partial charge in [-0.3, -0.25) is 9.59 Å². The maximum Gasteiger partial charge on any atom is 0.251 e. The molecule has 0 aliphatic carbocycles. The molecule has 3 rings (SSSR count). The third-order valence-electron chi connectivity index (χ3n) is 4.51. The Kier molecular flexibility index (Phi) is 7.41. The van der Waals surface area contributed by atoms with Gasteiger partial charge in [-0.05, 0) is 42.8 Å². The Morgan fingerprint density at radius 2 is 1.94 bits per heavy atom. The van der Waals surface area contributed by atoms with Crippen molar-refractivity contribution in [3.8, 4) is 5.75 Å². The Hall–Kier alpha value is -3.91. The first-order valence-electron chi connectivity index (χ1n) is 9.66. The van der Waals surface area contributed by atoms with E-state index in [2.05, 4.69) is 32.5 Å². The van der Waals surface area contributed by atoms with Crippen molar-refractivity contribution in [3.63, 3.8) is 0 Å². The SMILES string of the molecule is C=CC(=O)Nc1cccc(C)c1Nc1ncc(OCc2cc(C(=O)NC)ccc2Cl)cn1. The predicted octanol–water partition coefficient (Wildman–Crippen LogP) is 4.25. The Bertz CT molecular complexity index is 1150. The van der Waals surface area contributed by atoms with Crippen LogP contribution in [0.5, 0.6) is 5.75 Å². The third-order valence-corrected chi connectivity index (χ3v) is 4.88. The van der Waals surface area contributed by atoms with Crippen molar-refractivity contribution in [2.75, 3.05) is 17.7 Å². The number of anilines is 3. The van der Waals surface area contributed by atoms with Gasteiger partial charge in [0, 0.05) is 23.2 Å². The predicted molar refractivity (Wildman–Crippen MR) is 124 cm³/mol. The van der Waals surface area contributed by atoms with Crippen LogP contribution in [-0.4, -0.2) is 28.8 Å². The van der Waals surface area contributed by atoms with E-state index in [1.165, 1.54) is 18.5 Å². The van der Waals surface area contributed by atoms with Crippen LogP contribution in [0.3, 0.4) is 0 Å². The summed E-state index contributed by atoms with van der Waals surface area (Å²) in [5.74, 6) is 0.242. The normalized spacial score (nSPS) is 10.2. The molecule has 0 bridgehead atoms. The number of halogens is 1. The second-order valence-electron chi connectivity index (χ2n) is 6.73. The van der Waals surface area contributed by atoms with Crippen LogP contribution in [0.2, 0.25) is 5.02 Å². The molecular weight excluding hydrogens is 430 g/mol. The van der Waals surface area contributed by atoms with Crippen molar-refractivity contribution < 1.29 is 14.3 Å². The zero-order valence-electron chi connectivity index (χ0n) is 17.6. The van der Waals surface area contributed by atoms with E-state index in [9.17, 15) is 9.59 Å². The number of carbonyl (C=O) groups excluding carboxylic acids is 2. The van der Waals surface area contributed by atoms with Crippen molar-refractivity contribution in [2.45, 2.75) is 13.5 Å². The first-order chi connectivity index (χ1) is 15.4. The lowest BCUT2D eigenvalue weighted by Gasteiger charge is -2.14. The molecule has 8 nitrogen and oxygen atoms in total. The van der Waals surface area contributed by atoms with Crippen LogP contribution in [0.25, 0.3) is 0 Å². The summed E-state index contributed by atoms with van der Waals surface area (Å²) in [6.45, 7) is 5.52. The number of benzene rings is 2. The Morgan fingerprint density at radius 1 is 1.19 bits per heavy atom. The van der Waals surface area contributed by atoms with E-state index in [0.29, 0.717) is 39.2 Å². The highest BCUT2D eigenvalue weighted by molar-refractivity contribution is 6.31. The number of aryl methyl sites for hydroxylation is 1. The molecule has 0 unspecified atom stereocenters. The standard InChI is InChI=1S/C23H22ClN5O3/c1-4-20(30)28-19-7-5-6-14(2)21(19)29-23-26-11-17(12-27-23)32-13-16-10-15(22(31)25-3)8-9-18(16)24/h4-12H,1,13H2,2-3H3,(H,25,31)(H,28,30)(H,26,27,29). The van der Waals surface area contributed by atoms with E-state index >= 15 is 0 Å². The lowest BCUT2D eigenvalue weighted by Crippen LogP contribution is -2.18. The lowest BCUT2D eigenvalue weighted by molar-refractivity contribution is -0.111. The topological polar surface area (TPSA) is 105 Å². The number of hydrogen-bond acceptors (Lipinski definition) is 6. The lowest BCUT2D eigenvalue weighted by atomic mass is 10.1. The quantitative estimate of drug-likeness (QED) is 0.442. The number of carbonyl (C=O) groups is 2. The molecule has 164 valence electrons. The van der Waals surface area contributed by atoms with Gasteiger partial charge in [0.2, 0.25) is 11.9 Å². The molecule has 0 fully saturated rings. The number of nitrogens with one attached hydrogen (secondary N) is 3. The molecule has 0 saturated carbocycles. The van der Waals surface area contributed by atoms with Gasteiger partial charge in [0.05, 0.1) is 23.8 Å². The summed E-state index contributed by atoms with van der Waals surface area (Å²) in [6, 6.07) is 10.5. The van der Waals surface area contributed by atoms with Crippen molar-refractivity contribution in [2.24, 2.45) is 0 Å². The van der Waals surface area contributed by atoms with Gasteiger partial charge in [0.25, 0.3) is 5.91 Å². The fraction of sp³-hybridized carbons (Fsp3) is 0.130. The fourth-order valence-electron chi connectivity index (χ4n) is 2.82. The van der Waals surface area contributed by atoms with Crippen molar-refractivity contribution in [3.05, 3.63) is 83.2 Å². The van der Waals surface area contributed by atoms with E-state index in [1.807, 2.05) is 19.1 Å². The first-order valence-corrected chi connectivity index (χ1v) is 10.0. The molecule has 9 heteroatoms. The summed E-state index contributed by atoms with van der Waals surface area (Å²) < 4.78 is 5.72. The van der Waals surface area contributed by atoms with Crippen LogP contribution >= 0.6 is 11.6 Å². The molecule has 0 aliphatic heterocycles. The maximum absolute atomic E-state index is 11.8. The number of aromatic nitrogens is 2. The molecule has 1 heterocycles. The van der Waals surface area contributed by atoms with Crippen molar-refractivity contribution in [1.82, 2.24) is 15.3 Å². The average Bonchev–Trinajstić information content (AvgIpc) is 2.81. The van der Waals surface area contributed by atoms with Crippen LogP contribution in [0, 0.1) is 6.92 Å². The molecule has 0 spiro atoms. The fourth-order valence-corrected chi connectivity index (χ4v) is 2.99. The molecule has 2 aromatic carbocycles. The second kappa shape index (κ2) is 10.4. The molecule has 32 heavy (non-hydrogen) atoms. The minimum absolute atomic E-state index is 0.148. The Balaban J connectivity index is 1.70. The summed E-state index contributed by atoms with van der Waals surface area (Å²) in [5, 5.41) is 8.93. The zero-order chi connectivity index (χ0) is 23.1. The van der Waals surface area contributed by atoms with Crippen LogP contribution < -0.4 is 20.7 Å². The smallest absolute Gasteiger partial charge is 0.251 e. The number of para-hydroxylation sites is 1. The highest BCUT2D eigenvalue weighted by atomic mass is 35.5. The highest BCUT2D eigenvalue weighted by Crippen LogP contribution is 2.28. The number of ether oxygens (including phenoxy) is 1. The summed E-state index contributed by atoms with van der Waals surface area (Å²) in [6.07, 6.45) is 4.24. The van der Waals surface area contributed by atoms with E-state index in [4.69, 9.17) is 16.3 Å². The van der Waals surface area contributed by atoms with Crippen LogP contribution in [0.1, 0.15) is 21.5 Å². The molecule has 0 saturated heterocycles. The first kappa shape index (κ1) is 22.8. The second-order valence-corrected chi connectivity index (χ2v) is 7.14. The van der Waals surface area contributed by atoms with Gasteiger partial charge >= 0.3 is 0 Å². The molecule has 2 amide bonds. The number of nitrogens with zero attached hydrogens (tertiary/aromatic N) is 2. The number of hydrogen-bond donors (Lipinski definition) is 3. The molecular formula is C23H22ClN5O3. The van der Waals surface area contributed by atoms with Gasteiger partial charge in [-0.15, -0.1) is 0 Å². The van der Waals surface area contributed by atoms with Gasteiger partial charge in [-0.1, -0.05) is 30.3 Å². The van der Waals surface area contributed by atoms with E-state index in [1.54, 1.807) is 31.3 Å². The van der Waals surface area contributed by atoms with Crippen molar-refractivity contribution in [1.29, 1.82) is 0 Å². The molecule has 0 aliphatic rings. The van der Waals surface area contributed by atoms with Gasteiger partial charge < -0.3 is 20.7 Å². The van der Waals surface area contributed by atoms with E-state index in [-0.39, 0.29) is 18.4 Å². The number of rotatable bonds is 8. The zero-order valence-corrected chi connectivity index (χ0v) is 18.4. The monoisotopic (exact) mass is 451 g/mol. The van der Waals surface area contributed by atoms with E-state index in [0.717, 1.165) is 5.56 Å². The molecule has 3 aromatic rings. The summed E-state index contributed by atoms with van der Waals surface area (Å²) >= 11 is 6.21. The third kappa shape index (κ3) is 5.61. The largest absolute Gasteiger partial charge is 0.486 e. The number of amides is 2. The molecule has 0 radical (unpaired) electrons. The van der Waals surface area contributed by atoms with Crippen LogP contribution in [0.4, 0.5) is 17.3 Å². The van der Waals surface area contributed by atoms with Gasteiger partial charge in [-0.2, -0.15) is 0 Å². The van der Waals surface area contributed by atoms with Crippen molar-refractivity contribution >= 4 is 40.7 Å². The molecule has 3 N–H and O–H groups in total. The molecule has 1 aromatic heterocycles. The maximum atomic E-state index is 11.8. The van der Waals surface area contributed by atoms with Gasteiger partial charge in [0.1, 0.15) is 6.61 Å². The van der Waals surface area contributed by atoms with Crippen LogP contribution in [-0.2, 0) is 11.4 Å². The Morgan fingerprint density at radius 3 is 2.62 bits per heavy atom. The van der Waals surface area contributed by atoms with E-state index < -0.39 is 0 Å². The molecule has 0 atom stereocenters. The Labute approximate surface area is 190 Å². The minimum atomic E-state index is -0.317. The minimum Gasteiger partial charge on any atom is -0.486 e. The van der Waals surface area contributed by atoms with Gasteiger partial charge in [0.15, 0.2) is 5.75 Å². The van der Waals surface area contributed by atoms with Crippen LogP contribution in [0.15, 0.2) is 61.4 Å². The van der Waals surface area contributed by atoms with Gasteiger partial charge in [-0.25, -0.2) is 9.97 Å². The summed E-state index contributed by atoms with van der Waals surface area (Å²) in [5.41, 5.74) is 3.32. The summed E-state index contributed by atoms with van der Waals surface area (Å²) in [7, 11) is 1.56. The summed E-state index contributed by atoms with van der Waals surface area (Å²) in [4.78, 5) is 32.1.